The Hall–Kier alpha value is -0.610. The van der Waals surface area contributed by atoms with E-state index < -0.39 is 11.1 Å². The third-order valence-electron chi connectivity index (χ3n) is 3.30. The van der Waals surface area contributed by atoms with E-state index in [1.165, 1.54) is 6.42 Å². The summed E-state index contributed by atoms with van der Waals surface area (Å²) in [6.45, 7) is 6.15. The van der Waals surface area contributed by atoms with Gasteiger partial charge in [-0.1, -0.05) is 19.8 Å². The monoisotopic (exact) mass is 242 g/mol. The third kappa shape index (κ3) is 5.50. The summed E-state index contributed by atoms with van der Waals surface area (Å²) in [6, 6.07) is 0. The molecule has 4 heteroatoms. The molecule has 2 atom stereocenters. The van der Waals surface area contributed by atoms with Crippen molar-refractivity contribution in [2.75, 3.05) is 6.54 Å². The number of carbonyl (C=O) groups excluding carboxylic acids is 1. The molecule has 4 N–H and O–H groups in total. The van der Waals surface area contributed by atoms with Gasteiger partial charge in [-0.3, -0.25) is 4.79 Å². The lowest BCUT2D eigenvalue weighted by Crippen LogP contribution is -2.47. The molecular formula is C13H26N2O2. The molecule has 100 valence electrons. The second-order valence-corrected chi connectivity index (χ2v) is 6.37. The van der Waals surface area contributed by atoms with Crippen molar-refractivity contribution in [3.8, 4) is 0 Å². The lowest BCUT2D eigenvalue weighted by Gasteiger charge is -2.35. The molecule has 1 saturated carbocycles. The molecule has 2 unspecified atom stereocenters. The first kappa shape index (κ1) is 14.5. The van der Waals surface area contributed by atoms with Gasteiger partial charge >= 0.3 is 0 Å². The smallest absolute Gasteiger partial charge is 0.221 e. The van der Waals surface area contributed by atoms with Crippen LogP contribution < -0.4 is 11.1 Å². The van der Waals surface area contributed by atoms with Crippen molar-refractivity contribution in [2.24, 2.45) is 11.7 Å². The van der Waals surface area contributed by atoms with Crippen LogP contribution in [-0.4, -0.2) is 28.7 Å². The van der Waals surface area contributed by atoms with E-state index in [1.54, 1.807) is 0 Å². The van der Waals surface area contributed by atoms with Crippen LogP contribution in [0.1, 0.15) is 52.9 Å². The Balaban J connectivity index is 2.36. The number of nitrogens with one attached hydrogen (secondary N) is 1. The van der Waals surface area contributed by atoms with E-state index >= 15 is 0 Å². The van der Waals surface area contributed by atoms with Crippen LogP contribution in [0.15, 0.2) is 0 Å². The molecule has 1 rings (SSSR count). The highest BCUT2D eigenvalue weighted by Crippen LogP contribution is 2.31. The zero-order chi connectivity index (χ0) is 13.1. The van der Waals surface area contributed by atoms with E-state index in [9.17, 15) is 9.90 Å². The maximum Gasteiger partial charge on any atom is 0.221 e. The molecule has 0 spiro atoms. The molecule has 1 amide bonds. The molecule has 1 aliphatic rings. The second-order valence-electron chi connectivity index (χ2n) is 6.37. The normalized spacial score (nSPS) is 30.1. The van der Waals surface area contributed by atoms with Crippen LogP contribution in [-0.2, 0) is 4.79 Å². The number of nitrogens with two attached hydrogens (primary N) is 1. The van der Waals surface area contributed by atoms with E-state index in [0.717, 1.165) is 19.3 Å². The number of hydrogen-bond acceptors (Lipinski definition) is 3. The van der Waals surface area contributed by atoms with Gasteiger partial charge in [-0.2, -0.15) is 0 Å². The molecule has 0 aromatic rings. The van der Waals surface area contributed by atoms with E-state index in [0.29, 0.717) is 18.9 Å². The van der Waals surface area contributed by atoms with Gasteiger partial charge in [0.15, 0.2) is 0 Å². The van der Waals surface area contributed by atoms with Crippen LogP contribution in [0.2, 0.25) is 0 Å². The molecule has 0 heterocycles. The maximum absolute atomic E-state index is 11.6. The topological polar surface area (TPSA) is 75.3 Å². The van der Waals surface area contributed by atoms with Gasteiger partial charge < -0.3 is 16.2 Å². The highest BCUT2D eigenvalue weighted by atomic mass is 16.3. The summed E-state index contributed by atoms with van der Waals surface area (Å²) in [6.07, 6.45) is 4.06. The first-order valence-electron chi connectivity index (χ1n) is 6.48. The van der Waals surface area contributed by atoms with Gasteiger partial charge in [0.2, 0.25) is 5.91 Å². The highest BCUT2D eigenvalue weighted by molar-refractivity contribution is 5.77. The number of rotatable bonds is 4. The van der Waals surface area contributed by atoms with Crippen LogP contribution in [0.5, 0.6) is 0 Å². The minimum Gasteiger partial charge on any atom is -0.388 e. The van der Waals surface area contributed by atoms with Gasteiger partial charge in [0, 0.05) is 18.5 Å². The van der Waals surface area contributed by atoms with Gasteiger partial charge in [-0.05, 0) is 32.6 Å². The Morgan fingerprint density at radius 2 is 2.24 bits per heavy atom. The summed E-state index contributed by atoms with van der Waals surface area (Å²) in [4.78, 5) is 11.6. The van der Waals surface area contributed by atoms with Crippen LogP contribution in [0.25, 0.3) is 0 Å². The molecule has 0 aromatic carbocycles. The molecule has 0 aliphatic heterocycles. The van der Waals surface area contributed by atoms with Crippen molar-refractivity contribution in [3.63, 3.8) is 0 Å². The molecule has 0 saturated heterocycles. The second kappa shape index (κ2) is 5.36. The van der Waals surface area contributed by atoms with E-state index in [1.807, 2.05) is 13.8 Å². The predicted octanol–water partition coefficient (Wildman–Crippen LogP) is 1.17. The Bertz CT molecular complexity index is 273. The highest BCUT2D eigenvalue weighted by Gasteiger charge is 2.33. The molecule has 1 fully saturated rings. The number of hydrogen-bond donors (Lipinski definition) is 3. The Morgan fingerprint density at radius 1 is 1.59 bits per heavy atom. The van der Waals surface area contributed by atoms with Gasteiger partial charge in [0.05, 0.1) is 5.60 Å². The molecule has 17 heavy (non-hydrogen) atoms. The summed E-state index contributed by atoms with van der Waals surface area (Å²) in [5, 5.41) is 13.1. The number of aliphatic hydroxyl groups is 1. The number of carbonyl (C=O) groups is 1. The van der Waals surface area contributed by atoms with Crippen molar-refractivity contribution in [1.29, 1.82) is 0 Å². The molecule has 1 aliphatic carbocycles. The van der Waals surface area contributed by atoms with Crippen molar-refractivity contribution < 1.29 is 9.90 Å². The fourth-order valence-electron chi connectivity index (χ4n) is 2.53. The van der Waals surface area contributed by atoms with Crippen molar-refractivity contribution in [1.82, 2.24) is 5.32 Å². The molecule has 0 aromatic heterocycles. The zero-order valence-corrected chi connectivity index (χ0v) is 11.3. The average molecular weight is 242 g/mol. The van der Waals surface area contributed by atoms with E-state index in [2.05, 4.69) is 12.2 Å². The standard InChI is InChI=1S/C13H26N2O2/c1-10-5-4-6-13(17,7-10)9-15-11(16)8-12(2,3)14/h10,17H,4-9,14H2,1-3H3,(H,15,16). The predicted molar refractivity (Wildman–Crippen MR) is 68.5 cm³/mol. The summed E-state index contributed by atoms with van der Waals surface area (Å²) in [5.74, 6) is 0.459. The van der Waals surface area contributed by atoms with Gasteiger partial charge in [-0.25, -0.2) is 0 Å². The van der Waals surface area contributed by atoms with Crippen LogP contribution in [0, 0.1) is 5.92 Å². The Morgan fingerprint density at radius 3 is 2.76 bits per heavy atom. The quantitative estimate of drug-likeness (QED) is 0.692. The summed E-state index contributed by atoms with van der Waals surface area (Å²) in [5.41, 5.74) is 4.57. The van der Waals surface area contributed by atoms with Crippen molar-refractivity contribution in [2.45, 2.75) is 64.0 Å². The first-order valence-corrected chi connectivity index (χ1v) is 6.48. The Labute approximate surface area is 104 Å². The lowest BCUT2D eigenvalue weighted by atomic mass is 9.79. The molecule has 0 radical (unpaired) electrons. The summed E-state index contributed by atoms with van der Waals surface area (Å²) in [7, 11) is 0. The number of amides is 1. The molecular weight excluding hydrogens is 216 g/mol. The van der Waals surface area contributed by atoms with Gasteiger partial charge in [-0.15, -0.1) is 0 Å². The van der Waals surface area contributed by atoms with Crippen molar-refractivity contribution >= 4 is 5.91 Å². The lowest BCUT2D eigenvalue weighted by molar-refractivity contribution is -0.123. The zero-order valence-electron chi connectivity index (χ0n) is 11.3. The van der Waals surface area contributed by atoms with Crippen LogP contribution in [0.4, 0.5) is 0 Å². The summed E-state index contributed by atoms with van der Waals surface area (Å²) >= 11 is 0. The molecule has 0 bridgehead atoms. The molecule has 4 nitrogen and oxygen atoms in total. The SMILES string of the molecule is CC1CCCC(O)(CNC(=O)CC(C)(C)N)C1. The fraction of sp³-hybridized carbons (Fsp3) is 0.923. The van der Waals surface area contributed by atoms with Gasteiger partial charge in [0.1, 0.15) is 0 Å². The van der Waals surface area contributed by atoms with Crippen molar-refractivity contribution in [3.05, 3.63) is 0 Å². The fourth-order valence-corrected chi connectivity index (χ4v) is 2.53. The van der Waals surface area contributed by atoms with Gasteiger partial charge in [0.25, 0.3) is 0 Å². The third-order valence-corrected chi connectivity index (χ3v) is 3.30. The maximum atomic E-state index is 11.6. The Kier molecular flexibility index (Phi) is 4.55. The first-order chi connectivity index (χ1) is 7.70. The summed E-state index contributed by atoms with van der Waals surface area (Å²) < 4.78 is 0. The average Bonchev–Trinajstić information content (AvgIpc) is 2.12. The largest absolute Gasteiger partial charge is 0.388 e. The van der Waals surface area contributed by atoms with E-state index in [-0.39, 0.29) is 5.91 Å². The van der Waals surface area contributed by atoms with Crippen LogP contribution in [0.3, 0.4) is 0 Å². The minimum atomic E-state index is -0.716. The van der Waals surface area contributed by atoms with E-state index in [4.69, 9.17) is 5.73 Å². The van der Waals surface area contributed by atoms with Crippen LogP contribution >= 0.6 is 0 Å². The minimum absolute atomic E-state index is 0.0795.